The Morgan fingerprint density at radius 2 is 2.26 bits per heavy atom. The minimum atomic E-state index is 0.0811. The topological polar surface area (TPSA) is 88.1 Å². The van der Waals surface area contributed by atoms with Gasteiger partial charge in [0.05, 0.1) is 7.11 Å². The van der Waals surface area contributed by atoms with Crippen LogP contribution < -0.4 is 10.5 Å². The molecule has 0 spiro atoms. The van der Waals surface area contributed by atoms with Crippen LogP contribution >= 0.6 is 11.8 Å². The summed E-state index contributed by atoms with van der Waals surface area (Å²) in [6, 6.07) is 5.40. The van der Waals surface area contributed by atoms with Crippen molar-refractivity contribution in [3.05, 3.63) is 29.3 Å². The van der Waals surface area contributed by atoms with E-state index in [9.17, 15) is 0 Å². The Bertz CT molecular complexity index is 438. The van der Waals surface area contributed by atoms with Crippen LogP contribution in [0.2, 0.25) is 0 Å². The van der Waals surface area contributed by atoms with E-state index in [0.717, 1.165) is 22.8 Å². The Balaban J connectivity index is 2.79. The third kappa shape index (κ3) is 4.65. The Labute approximate surface area is 117 Å². The molecule has 1 unspecified atom stereocenters. The van der Waals surface area contributed by atoms with Crippen LogP contribution in [0.25, 0.3) is 0 Å². The van der Waals surface area contributed by atoms with Gasteiger partial charge < -0.3 is 20.8 Å². The average Bonchev–Trinajstić information content (AvgIpc) is 2.45. The van der Waals surface area contributed by atoms with E-state index in [1.807, 2.05) is 13.0 Å². The molecule has 0 aliphatic carbocycles. The van der Waals surface area contributed by atoms with Gasteiger partial charge in [-0.3, -0.25) is 0 Å². The lowest BCUT2D eigenvalue weighted by Crippen LogP contribution is -2.13. The highest BCUT2D eigenvalue weighted by molar-refractivity contribution is 7.98. The molecule has 19 heavy (non-hydrogen) atoms. The number of amidine groups is 1. The first kappa shape index (κ1) is 15.7. The van der Waals surface area contributed by atoms with Crippen LogP contribution in [0.15, 0.2) is 23.4 Å². The van der Waals surface area contributed by atoms with E-state index in [0.29, 0.717) is 5.56 Å². The highest BCUT2D eigenvalue weighted by Gasteiger charge is 2.08. The lowest BCUT2D eigenvalue weighted by atomic mass is 10.1. The van der Waals surface area contributed by atoms with Gasteiger partial charge in [-0.1, -0.05) is 12.1 Å². The number of ether oxygens (including phenoxy) is 1. The van der Waals surface area contributed by atoms with E-state index >= 15 is 0 Å². The minimum absolute atomic E-state index is 0.0811. The van der Waals surface area contributed by atoms with Crippen LogP contribution in [0.1, 0.15) is 18.1 Å². The molecule has 106 valence electrons. The number of hydrogen-bond donors (Lipinski definition) is 3. The summed E-state index contributed by atoms with van der Waals surface area (Å²) >= 11 is 1.71. The molecule has 1 rings (SSSR count). The Hall–Kier alpha value is -1.40. The molecular formula is C13H20N2O3S. The molecule has 1 aromatic rings. The van der Waals surface area contributed by atoms with Crippen molar-refractivity contribution in [2.24, 2.45) is 16.8 Å². The van der Waals surface area contributed by atoms with Gasteiger partial charge in [-0.15, -0.1) is 0 Å². The molecule has 0 saturated carbocycles. The fourth-order valence-corrected chi connectivity index (χ4v) is 2.60. The number of nitrogens with zero attached hydrogens (tertiary/aromatic N) is 1. The van der Waals surface area contributed by atoms with Crippen LogP contribution in [0.5, 0.6) is 5.75 Å². The third-order valence-corrected chi connectivity index (χ3v) is 3.98. The van der Waals surface area contributed by atoms with Crippen LogP contribution in [-0.2, 0) is 5.75 Å². The van der Waals surface area contributed by atoms with Crippen molar-refractivity contribution < 1.29 is 15.1 Å². The maximum Gasteiger partial charge on any atom is 0.170 e. The second kappa shape index (κ2) is 7.91. The summed E-state index contributed by atoms with van der Waals surface area (Å²) in [5.74, 6) is 2.74. The highest BCUT2D eigenvalue weighted by Crippen LogP contribution is 2.25. The van der Waals surface area contributed by atoms with Crippen LogP contribution in [0, 0.1) is 5.92 Å². The van der Waals surface area contributed by atoms with Crippen molar-refractivity contribution in [1.29, 1.82) is 0 Å². The van der Waals surface area contributed by atoms with Gasteiger partial charge in [-0.25, -0.2) is 0 Å². The maximum absolute atomic E-state index is 8.98. The predicted octanol–water partition coefficient (Wildman–Crippen LogP) is 1.65. The molecule has 0 aromatic heterocycles. The molecule has 0 radical (unpaired) electrons. The first-order valence-corrected chi connectivity index (χ1v) is 7.11. The van der Waals surface area contributed by atoms with E-state index < -0.39 is 0 Å². The number of hydrogen-bond acceptors (Lipinski definition) is 5. The lowest BCUT2D eigenvalue weighted by molar-refractivity contribution is 0.250. The van der Waals surface area contributed by atoms with E-state index in [1.54, 1.807) is 31.0 Å². The standard InChI is InChI=1S/C13H20N2O3S/c1-9(6-16)7-19-8-11-5-10(13(14)15-17)3-4-12(11)18-2/h3-5,9,16-17H,6-8H2,1-2H3,(H2,14,15). The number of methoxy groups -OCH3 is 1. The van der Waals surface area contributed by atoms with Crippen LogP contribution in [-0.4, -0.2) is 35.6 Å². The fourth-order valence-electron chi connectivity index (χ4n) is 1.53. The normalized spacial score (nSPS) is 13.3. The first-order chi connectivity index (χ1) is 9.12. The molecule has 0 aliphatic heterocycles. The van der Waals surface area contributed by atoms with Gasteiger partial charge in [0, 0.05) is 23.5 Å². The summed E-state index contributed by atoms with van der Waals surface area (Å²) < 4.78 is 5.29. The van der Waals surface area contributed by atoms with Crippen molar-refractivity contribution in [2.75, 3.05) is 19.5 Å². The summed E-state index contributed by atoms with van der Waals surface area (Å²) in [6.07, 6.45) is 0. The number of aliphatic hydroxyl groups is 1. The largest absolute Gasteiger partial charge is 0.496 e. The summed E-state index contributed by atoms with van der Waals surface area (Å²) in [5.41, 5.74) is 7.22. The number of thioether (sulfide) groups is 1. The molecule has 0 bridgehead atoms. The van der Waals surface area contributed by atoms with Crippen LogP contribution in [0.4, 0.5) is 0 Å². The van der Waals surface area contributed by atoms with Gasteiger partial charge >= 0.3 is 0 Å². The molecule has 0 heterocycles. The van der Waals surface area contributed by atoms with Crippen molar-refractivity contribution in [1.82, 2.24) is 0 Å². The zero-order chi connectivity index (χ0) is 14.3. The zero-order valence-electron chi connectivity index (χ0n) is 11.2. The molecule has 5 nitrogen and oxygen atoms in total. The summed E-state index contributed by atoms with van der Waals surface area (Å²) in [5, 5.41) is 20.7. The van der Waals surface area contributed by atoms with E-state index in [1.165, 1.54) is 0 Å². The highest BCUT2D eigenvalue weighted by atomic mass is 32.2. The third-order valence-electron chi connectivity index (χ3n) is 2.66. The number of benzene rings is 1. The summed E-state index contributed by atoms with van der Waals surface area (Å²) in [4.78, 5) is 0. The molecule has 6 heteroatoms. The smallest absolute Gasteiger partial charge is 0.170 e. The average molecular weight is 284 g/mol. The Kier molecular flexibility index (Phi) is 6.52. The van der Waals surface area contributed by atoms with E-state index in [2.05, 4.69) is 5.16 Å². The van der Waals surface area contributed by atoms with Gasteiger partial charge in [0.15, 0.2) is 5.84 Å². The molecule has 1 atom stereocenters. The van der Waals surface area contributed by atoms with Gasteiger partial charge in [-0.2, -0.15) is 11.8 Å². The summed E-state index contributed by atoms with van der Waals surface area (Å²) in [7, 11) is 1.61. The second-order valence-electron chi connectivity index (χ2n) is 4.31. The minimum Gasteiger partial charge on any atom is -0.496 e. The van der Waals surface area contributed by atoms with Crippen LogP contribution in [0.3, 0.4) is 0 Å². The zero-order valence-corrected chi connectivity index (χ0v) is 12.0. The van der Waals surface area contributed by atoms with E-state index in [-0.39, 0.29) is 18.4 Å². The van der Waals surface area contributed by atoms with Crippen molar-refractivity contribution in [2.45, 2.75) is 12.7 Å². The quantitative estimate of drug-likeness (QED) is 0.307. The molecule has 0 amide bonds. The molecule has 1 aromatic carbocycles. The molecule has 0 aliphatic rings. The SMILES string of the molecule is COc1ccc(/C(N)=N/O)cc1CSCC(C)CO. The predicted molar refractivity (Wildman–Crippen MR) is 77.9 cm³/mol. The number of aliphatic hydroxyl groups excluding tert-OH is 1. The molecule has 0 saturated heterocycles. The molecular weight excluding hydrogens is 264 g/mol. The monoisotopic (exact) mass is 284 g/mol. The van der Waals surface area contributed by atoms with E-state index in [4.69, 9.17) is 20.8 Å². The number of nitrogens with two attached hydrogens (primary N) is 1. The maximum atomic E-state index is 8.98. The summed E-state index contributed by atoms with van der Waals surface area (Å²) in [6.45, 7) is 2.19. The van der Waals surface area contributed by atoms with Crippen molar-refractivity contribution in [3.63, 3.8) is 0 Å². The molecule has 0 fully saturated rings. The second-order valence-corrected chi connectivity index (χ2v) is 5.34. The lowest BCUT2D eigenvalue weighted by Gasteiger charge is -2.11. The van der Waals surface area contributed by atoms with Gasteiger partial charge in [0.1, 0.15) is 5.75 Å². The Morgan fingerprint density at radius 3 is 2.84 bits per heavy atom. The van der Waals surface area contributed by atoms with Gasteiger partial charge in [0.2, 0.25) is 0 Å². The number of oxime groups is 1. The van der Waals surface area contributed by atoms with Gasteiger partial charge in [-0.05, 0) is 29.9 Å². The number of rotatable bonds is 7. The van der Waals surface area contributed by atoms with Crippen molar-refractivity contribution in [3.8, 4) is 5.75 Å². The van der Waals surface area contributed by atoms with Gasteiger partial charge in [0.25, 0.3) is 0 Å². The Morgan fingerprint density at radius 1 is 1.53 bits per heavy atom. The van der Waals surface area contributed by atoms with Crippen molar-refractivity contribution >= 4 is 17.6 Å². The first-order valence-electron chi connectivity index (χ1n) is 5.95. The molecule has 4 N–H and O–H groups in total. The fraction of sp³-hybridized carbons (Fsp3) is 0.462.